The van der Waals surface area contributed by atoms with Crippen LogP contribution >= 0.6 is 0 Å². The topological polar surface area (TPSA) is 47.6 Å². The maximum Gasteiger partial charge on any atom is 0.221 e. The Morgan fingerprint density at radius 1 is 1.24 bits per heavy atom. The summed E-state index contributed by atoms with van der Waals surface area (Å²) in [5.41, 5.74) is 1.03. The number of hydrogen-bond donors (Lipinski definition) is 1. The van der Waals surface area contributed by atoms with Crippen molar-refractivity contribution in [3.8, 4) is 11.5 Å². The lowest BCUT2D eigenvalue weighted by Crippen LogP contribution is -2.27. The van der Waals surface area contributed by atoms with Crippen molar-refractivity contribution in [1.29, 1.82) is 0 Å². The van der Waals surface area contributed by atoms with Gasteiger partial charge in [-0.05, 0) is 69.1 Å². The molecule has 1 aromatic rings. The molecule has 4 heteroatoms. The van der Waals surface area contributed by atoms with Crippen LogP contribution in [0.15, 0.2) is 30.4 Å². The molecule has 4 nitrogen and oxygen atoms in total. The lowest BCUT2D eigenvalue weighted by molar-refractivity contribution is -0.122. The molecule has 25 heavy (non-hydrogen) atoms. The van der Waals surface area contributed by atoms with E-state index in [0.717, 1.165) is 42.7 Å². The van der Waals surface area contributed by atoms with Crippen LogP contribution in [0.2, 0.25) is 0 Å². The van der Waals surface area contributed by atoms with E-state index in [1.165, 1.54) is 12.8 Å². The summed E-state index contributed by atoms with van der Waals surface area (Å²) < 4.78 is 11.6. The van der Waals surface area contributed by atoms with Crippen LogP contribution in [0, 0.1) is 5.92 Å². The summed E-state index contributed by atoms with van der Waals surface area (Å²) >= 11 is 0. The van der Waals surface area contributed by atoms with Crippen molar-refractivity contribution in [2.75, 3.05) is 7.11 Å². The molecule has 1 aromatic carbocycles. The second-order valence-electron chi connectivity index (χ2n) is 7.19. The van der Waals surface area contributed by atoms with Gasteiger partial charge in [0.2, 0.25) is 5.91 Å². The van der Waals surface area contributed by atoms with E-state index in [1.54, 1.807) is 7.11 Å². The molecule has 2 atom stereocenters. The molecular weight excluding hydrogens is 314 g/mol. The molecule has 3 rings (SSSR count). The van der Waals surface area contributed by atoms with E-state index in [2.05, 4.69) is 17.5 Å². The van der Waals surface area contributed by atoms with Crippen LogP contribution in [0.25, 0.3) is 0 Å². The highest BCUT2D eigenvalue weighted by Crippen LogP contribution is 2.33. The average Bonchev–Trinajstić information content (AvgIpc) is 3.29. The fourth-order valence-electron chi connectivity index (χ4n) is 3.72. The SMILES string of the molecule is COc1cc([C@H](C)NC(=O)C[C@@H]2C=CCC2)ccc1OC1CCCC1. The molecule has 136 valence electrons. The molecule has 1 saturated carbocycles. The van der Waals surface area contributed by atoms with E-state index in [0.29, 0.717) is 18.4 Å². The first-order chi connectivity index (χ1) is 12.2. The third-order valence-corrected chi connectivity index (χ3v) is 5.22. The number of allylic oxidation sites excluding steroid dienone is 2. The maximum atomic E-state index is 12.2. The number of amides is 1. The molecule has 0 aromatic heterocycles. The summed E-state index contributed by atoms with van der Waals surface area (Å²) in [6.45, 7) is 2.01. The summed E-state index contributed by atoms with van der Waals surface area (Å²) in [5, 5.41) is 3.10. The fraction of sp³-hybridized carbons (Fsp3) is 0.571. The van der Waals surface area contributed by atoms with Crippen molar-refractivity contribution in [3.05, 3.63) is 35.9 Å². The first-order valence-corrected chi connectivity index (χ1v) is 9.46. The number of ether oxygens (including phenoxy) is 2. The van der Waals surface area contributed by atoms with Gasteiger partial charge in [-0.3, -0.25) is 4.79 Å². The number of carbonyl (C=O) groups is 1. The number of nitrogens with one attached hydrogen (secondary N) is 1. The van der Waals surface area contributed by atoms with Crippen LogP contribution in [0.5, 0.6) is 11.5 Å². The summed E-state index contributed by atoms with van der Waals surface area (Å²) in [6.07, 6.45) is 12.1. The minimum atomic E-state index is -0.0488. The molecule has 0 radical (unpaired) electrons. The van der Waals surface area contributed by atoms with Gasteiger partial charge in [-0.25, -0.2) is 0 Å². The molecule has 1 amide bonds. The van der Waals surface area contributed by atoms with E-state index in [4.69, 9.17) is 9.47 Å². The van der Waals surface area contributed by atoms with Gasteiger partial charge in [0, 0.05) is 6.42 Å². The minimum absolute atomic E-state index is 0.0488. The Kier molecular flexibility index (Phi) is 6.00. The van der Waals surface area contributed by atoms with Gasteiger partial charge in [-0.1, -0.05) is 18.2 Å². The Morgan fingerprint density at radius 2 is 2.04 bits per heavy atom. The molecule has 0 bridgehead atoms. The van der Waals surface area contributed by atoms with Crippen LogP contribution in [0.1, 0.15) is 63.5 Å². The van der Waals surface area contributed by atoms with Crippen LogP contribution in [-0.2, 0) is 4.79 Å². The van der Waals surface area contributed by atoms with Crippen molar-refractivity contribution in [1.82, 2.24) is 5.32 Å². The first-order valence-electron chi connectivity index (χ1n) is 9.46. The Hall–Kier alpha value is -1.97. The van der Waals surface area contributed by atoms with Crippen molar-refractivity contribution >= 4 is 5.91 Å². The van der Waals surface area contributed by atoms with Crippen LogP contribution in [0.4, 0.5) is 0 Å². The third-order valence-electron chi connectivity index (χ3n) is 5.22. The lowest BCUT2D eigenvalue weighted by atomic mass is 10.0. The number of rotatable bonds is 7. The zero-order valence-corrected chi connectivity index (χ0v) is 15.3. The molecule has 0 unspecified atom stereocenters. The van der Waals surface area contributed by atoms with Gasteiger partial charge in [0.15, 0.2) is 11.5 Å². The van der Waals surface area contributed by atoms with Gasteiger partial charge in [-0.2, -0.15) is 0 Å². The van der Waals surface area contributed by atoms with Crippen molar-refractivity contribution < 1.29 is 14.3 Å². The molecule has 0 saturated heterocycles. The number of hydrogen-bond acceptors (Lipinski definition) is 3. The van der Waals surface area contributed by atoms with E-state index in [9.17, 15) is 4.79 Å². The summed E-state index contributed by atoms with van der Waals surface area (Å²) in [7, 11) is 1.66. The molecular formula is C21H29NO3. The standard InChI is InChI=1S/C21H29NO3/c1-15(22-21(23)13-16-7-3-4-8-16)17-11-12-19(20(14-17)24-2)25-18-9-5-6-10-18/h3,7,11-12,14-16,18H,4-6,8-10,13H2,1-2H3,(H,22,23)/t15-,16+/m0/s1. The zero-order valence-electron chi connectivity index (χ0n) is 15.3. The quantitative estimate of drug-likeness (QED) is 0.739. The van der Waals surface area contributed by atoms with E-state index < -0.39 is 0 Å². The average molecular weight is 343 g/mol. The Labute approximate surface area is 150 Å². The Balaban J connectivity index is 1.60. The van der Waals surface area contributed by atoms with Crippen molar-refractivity contribution in [3.63, 3.8) is 0 Å². The highest BCUT2D eigenvalue weighted by Gasteiger charge is 2.20. The third kappa shape index (κ3) is 4.77. The van der Waals surface area contributed by atoms with Crippen LogP contribution in [0.3, 0.4) is 0 Å². The normalized spacial score (nSPS) is 21.3. The summed E-state index contributed by atoms with van der Waals surface area (Å²) in [4.78, 5) is 12.2. The number of carbonyl (C=O) groups excluding carboxylic acids is 1. The van der Waals surface area contributed by atoms with Gasteiger partial charge >= 0.3 is 0 Å². The molecule has 2 aliphatic carbocycles. The van der Waals surface area contributed by atoms with Crippen molar-refractivity contribution in [2.45, 2.75) is 64.0 Å². The highest BCUT2D eigenvalue weighted by molar-refractivity contribution is 5.77. The highest BCUT2D eigenvalue weighted by atomic mass is 16.5. The monoisotopic (exact) mass is 343 g/mol. The molecule has 1 fully saturated rings. The zero-order chi connectivity index (χ0) is 17.6. The number of methoxy groups -OCH3 is 1. The second-order valence-corrected chi connectivity index (χ2v) is 7.19. The predicted molar refractivity (Wildman–Crippen MR) is 98.9 cm³/mol. The summed E-state index contributed by atoms with van der Waals surface area (Å²) in [6, 6.07) is 5.92. The van der Waals surface area contributed by atoms with Crippen LogP contribution in [-0.4, -0.2) is 19.1 Å². The smallest absolute Gasteiger partial charge is 0.221 e. The lowest BCUT2D eigenvalue weighted by Gasteiger charge is -2.19. The van der Waals surface area contributed by atoms with Gasteiger partial charge in [-0.15, -0.1) is 0 Å². The molecule has 2 aliphatic rings. The van der Waals surface area contributed by atoms with E-state index in [1.807, 2.05) is 25.1 Å². The number of benzene rings is 1. The predicted octanol–water partition coefficient (Wildman–Crippen LogP) is 4.55. The van der Waals surface area contributed by atoms with E-state index in [-0.39, 0.29) is 11.9 Å². The summed E-state index contributed by atoms with van der Waals surface area (Å²) in [5.74, 6) is 2.04. The Morgan fingerprint density at radius 3 is 2.72 bits per heavy atom. The largest absolute Gasteiger partial charge is 0.493 e. The molecule has 1 N–H and O–H groups in total. The van der Waals surface area contributed by atoms with E-state index >= 15 is 0 Å². The maximum absolute atomic E-state index is 12.2. The molecule has 0 spiro atoms. The first kappa shape index (κ1) is 17.8. The molecule has 0 heterocycles. The van der Waals surface area contributed by atoms with Gasteiger partial charge in [0.25, 0.3) is 0 Å². The fourth-order valence-corrected chi connectivity index (χ4v) is 3.72. The van der Waals surface area contributed by atoms with Gasteiger partial charge in [0.1, 0.15) is 0 Å². The van der Waals surface area contributed by atoms with Gasteiger partial charge < -0.3 is 14.8 Å². The second kappa shape index (κ2) is 8.41. The van der Waals surface area contributed by atoms with Crippen LogP contribution < -0.4 is 14.8 Å². The van der Waals surface area contributed by atoms with Crippen molar-refractivity contribution in [2.24, 2.45) is 5.92 Å². The van der Waals surface area contributed by atoms with Gasteiger partial charge in [0.05, 0.1) is 19.3 Å². The Bertz CT molecular complexity index is 620. The minimum Gasteiger partial charge on any atom is -0.493 e. The molecule has 0 aliphatic heterocycles.